The van der Waals surface area contributed by atoms with Gasteiger partial charge in [-0.25, -0.2) is 17.5 Å². The quantitative estimate of drug-likeness (QED) is 0.218. The molecule has 2 saturated carbocycles. The maximum absolute atomic E-state index is 14.2. The maximum Gasteiger partial charge on any atom is 0.315 e. The Morgan fingerprint density at radius 2 is 1.64 bits per heavy atom. The number of likely N-dealkylation sites (tertiary alicyclic amines) is 1. The molecule has 13 nitrogen and oxygen atoms in total. The highest BCUT2D eigenvalue weighted by Gasteiger charge is 2.46. The molecule has 0 spiro atoms. The van der Waals surface area contributed by atoms with Gasteiger partial charge in [0.2, 0.25) is 27.6 Å². The number of nitrogens with zero attached hydrogens (tertiary/aromatic N) is 2. The highest BCUT2D eigenvalue weighted by atomic mass is 32.2. The summed E-state index contributed by atoms with van der Waals surface area (Å²) in [6, 6.07) is -2.52. The summed E-state index contributed by atoms with van der Waals surface area (Å²) in [7, 11) is -2.11. The minimum atomic E-state index is -3.63. The predicted molar refractivity (Wildman–Crippen MR) is 170 cm³/mol. The summed E-state index contributed by atoms with van der Waals surface area (Å²) in [6.07, 6.45) is 5.56. The van der Waals surface area contributed by atoms with Crippen LogP contribution in [0.25, 0.3) is 0 Å². The Kier molecular flexibility index (Phi) is 12.1. The molecule has 3 fully saturated rings. The number of Topliss-reactive ketones (excluding diaryl/α,β-unsaturated/α-hetero) is 1. The zero-order valence-corrected chi connectivity index (χ0v) is 28.8. The number of ketones is 1. The van der Waals surface area contributed by atoms with E-state index in [1.807, 2.05) is 34.6 Å². The largest absolute Gasteiger partial charge is 0.347 e. The molecule has 256 valence electrons. The molecular weight excluding hydrogens is 600 g/mol. The van der Waals surface area contributed by atoms with Crippen LogP contribution in [0.5, 0.6) is 0 Å². The Labute approximate surface area is 268 Å². The second kappa shape index (κ2) is 14.8. The number of amides is 5. The zero-order valence-electron chi connectivity index (χ0n) is 28.0. The van der Waals surface area contributed by atoms with Gasteiger partial charge >= 0.3 is 6.03 Å². The number of sulfonamides is 1. The fraction of sp³-hybridized carbons (Fsp3) is 0.839. The van der Waals surface area contributed by atoms with E-state index in [9.17, 15) is 32.4 Å². The van der Waals surface area contributed by atoms with Crippen molar-refractivity contribution in [3.63, 3.8) is 0 Å². The van der Waals surface area contributed by atoms with Crippen molar-refractivity contribution in [1.82, 2.24) is 30.5 Å². The van der Waals surface area contributed by atoms with Crippen LogP contribution in [0, 0.1) is 17.3 Å². The molecule has 1 heterocycles. The SMILES string of the molecule is CCN(C)S(=O)(=O)CC1(NC(=O)N[C@H](C(=O)N2CC(C(C)C)C[C@H]2C(=O)NCC(=O)C(=O)NC2CC2)C(C)(C)C)CCCCC1. The molecule has 0 aromatic rings. The van der Waals surface area contributed by atoms with E-state index in [1.165, 1.54) is 16.3 Å². The van der Waals surface area contributed by atoms with Crippen molar-refractivity contribution >= 4 is 39.6 Å². The smallest absolute Gasteiger partial charge is 0.315 e. The lowest BCUT2D eigenvalue weighted by Crippen LogP contribution is -2.63. The number of carbonyl (C=O) groups is 5. The molecule has 1 unspecified atom stereocenters. The van der Waals surface area contributed by atoms with Gasteiger partial charge in [-0.15, -0.1) is 0 Å². The molecule has 0 aromatic heterocycles. The van der Waals surface area contributed by atoms with E-state index in [0.717, 1.165) is 32.1 Å². The standard InChI is InChI=1S/C31H54N6O7S/c1-8-36(7)45(43,44)19-31(14-10-9-11-15-31)35-29(42)34-25(30(4,5)6)28(41)37-18-21(20(2)3)16-23(37)26(39)32-17-24(38)27(40)33-22-12-13-22/h20-23,25H,8-19H2,1-7H3,(H,32,39)(H,33,40)(H2,34,35,42)/t21?,23-,25+/m0/s1. The van der Waals surface area contributed by atoms with E-state index in [-0.39, 0.29) is 23.6 Å². The first-order chi connectivity index (χ1) is 20.9. The lowest BCUT2D eigenvalue weighted by molar-refractivity contribution is -0.142. The fourth-order valence-corrected chi connectivity index (χ4v) is 7.79. The van der Waals surface area contributed by atoms with Gasteiger partial charge in [-0.3, -0.25) is 19.2 Å². The fourth-order valence-electron chi connectivity index (χ4n) is 6.12. The Morgan fingerprint density at radius 1 is 1.02 bits per heavy atom. The van der Waals surface area contributed by atoms with Gasteiger partial charge in [-0.2, -0.15) is 0 Å². The number of rotatable bonds is 13. The van der Waals surface area contributed by atoms with E-state index < -0.39 is 69.1 Å². The number of hydrogen-bond acceptors (Lipinski definition) is 7. The van der Waals surface area contributed by atoms with Gasteiger partial charge in [-0.1, -0.05) is 60.8 Å². The molecule has 3 aliphatic rings. The number of urea groups is 1. The highest BCUT2D eigenvalue weighted by Crippen LogP contribution is 2.33. The van der Waals surface area contributed by atoms with Crippen LogP contribution >= 0.6 is 0 Å². The summed E-state index contributed by atoms with van der Waals surface area (Å²) in [4.78, 5) is 67.0. The minimum Gasteiger partial charge on any atom is -0.347 e. The van der Waals surface area contributed by atoms with Crippen LogP contribution in [0.1, 0.15) is 92.9 Å². The summed E-state index contributed by atoms with van der Waals surface area (Å²) in [5, 5.41) is 11.0. The first-order valence-corrected chi connectivity index (χ1v) is 17.9. The Morgan fingerprint density at radius 3 is 2.18 bits per heavy atom. The topological polar surface area (TPSA) is 174 Å². The van der Waals surface area contributed by atoms with Crippen LogP contribution in [0.4, 0.5) is 4.79 Å². The third-order valence-electron chi connectivity index (χ3n) is 9.41. The molecule has 1 saturated heterocycles. The van der Waals surface area contributed by atoms with E-state index in [4.69, 9.17) is 0 Å². The zero-order chi connectivity index (χ0) is 33.7. The van der Waals surface area contributed by atoms with Crippen LogP contribution in [-0.2, 0) is 29.2 Å². The summed E-state index contributed by atoms with van der Waals surface area (Å²) in [5.41, 5.74) is -1.72. The van der Waals surface area contributed by atoms with Gasteiger partial charge in [0.15, 0.2) is 0 Å². The second-order valence-electron chi connectivity index (χ2n) is 14.5. The molecule has 1 aliphatic heterocycles. The van der Waals surface area contributed by atoms with Gasteiger partial charge in [-0.05, 0) is 49.4 Å². The highest BCUT2D eigenvalue weighted by molar-refractivity contribution is 7.89. The van der Waals surface area contributed by atoms with Crippen molar-refractivity contribution < 1.29 is 32.4 Å². The van der Waals surface area contributed by atoms with Gasteiger partial charge in [0.1, 0.15) is 12.1 Å². The monoisotopic (exact) mass is 654 g/mol. The Balaban J connectivity index is 1.76. The number of nitrogens with one attached hydrogen (secondary N) is 4. The maximum atomic E-state index is 14.2. The van der Waals surface area contributed by atoms with Crippen LogP contribution in [0.2, 0.25) is 0 Å². The summed E-state index contributed by atoms with van der Waals surface area (Å²) in [6.45, 7) is 11.4. The van der Waals surface area contributed by atoms with Crippen LogP contribution < -0.4 is 21.3 Å². The third-order valence-corrected chi connectivity index (χ3v) is 11.5. The van der Waals surface area contributed by atoms with Crippen LogP contribution in [-0.4, -0.2) is 103 Å². The van der Waals surface area contributed by atoms with E-state index in [0.29, 0.717) is 32.4 Å². The molecule has 0 aromatic carbocycles. The molecule has 3 atom stereocenters. The molecule has 3 rings (SSSR count). The van der Waals surface area contributed by atoms with Crippen molar-refractivity contribution in [2.75, 3.05) is 32.4 Å². The third kappa shape index (κ3) is 9.87. The summed E-state index contributed by atoms with van der Waals surface area (Å²) < 4.78 is 27.4. The molecule has 14 heteroatoms. The van der Waals surface area contributed by atoms with Gasteiger partial charge < -0.3 is 26.2 Å². The van der Waals surface area contributed by atoms with E-state index in [1.54, 1.807) is 6.92 Å². The van der Waals surface area contributed by atoms with Crippen LogP contribution in [0.3, 0.4) is 0 Å². The van der Waals surface area contributed by atoms with Crippen molar-refractivity contribution in [3.8, 4) is 0 Å². The lowest BCUT2D eigenvalue weighted by Gasteiger charge is -2.40. The molecule has 4 N–H and O–H groups in total. The molecule has 0 radical (unpaired) electrons. The molecule has 5 amide bonds. The van der Waals surface area contributed by atoms with Crippen molar-refractivity contribution in [2.45, 2.75) is 117 Å². The second-order valence-corrected chi connectivity index (χ2v) is 16.6. The van der Waals surface area contributed by atoms with E-state index >= 15 is 0 Å². The predicted octanol–water partition coefficient (Wildman–Crippen LogP) is 1.52. The lowest BCUT2D eigenvalue weighted by atomic mass is 9.83. The number of hydrogen-bond donors (Lipinski definition) is 4. The summed E-state index contributed by atoms with van der Waals surface area (Å²) in [5.74, 6) is -2.49. The first-order valence-electron chi connectivity index (χ1n) is 16.3. The van der Waals surface area contributed by atoms with Crippen molar-refractivity contribution in [2.24, 2.45) is 17.3 Å². The van der Waals surface area contributed by atoms with E-state index in [2.05, 4.69) is 21.3 Å². The average Bonchev–Trinajstić information content (AvgIpc) is 3.65. The molecular formula is C31H54N6O7S. The Hall–Kier alpha value is -2.74. The van der Waals surface area contributed by atoms with Crippen molar-refractivity contribution in [1.29, 1.82) is 0 Å². The average molecular weight is 655 g/mol. The Bertz CT molecular complexity index is 1220. The molecule has 2 aliphatic carbocycles. The normalized spacial score (nSPS) is 22.6. The summed E-state index contributed by atoms with van der Waals surface area (Å²) >= 11 is 0. The molecule has 45 heavy (non-hydrogen) atoms. The van der Waals surface area contributed by atoms with Crippen molar-refractivity contribution in [3.05, 3.63) is 0 Å². The first kappa shape index (κ1) is 36.7. The van der Waals surface area contributed by atoms with Gasteiger partial charge in [0.05, 0.1) is 17.8 Å². The minimum absolute atomic E-state index is 0.0132. The van der Waals surface area contributed by atoms with Gasteiger partial charge in [0, 0.05) is 26.2 Å². The number of carbonyl (C=O) groups excluding carboxylic acids is 5. The van der Waals surface area contributed by atoms with Crippen LogP contribution in [0.15, 0.2) is 0 Å². The van der Waals surface area contributed by atoms with Gasteiger partial charge in [0.25, 0.3) is 5.91 Å². The molecule has 0 bridgehead atoms.